The van der Waals surface area contributed by atoms with Crippen molar-refractivity contribution in [3.05, 3.63) is 16.5 Å². The molecule has 0 aliphatic carbocycles. The van der Waals surface area contributed by atoms with Crippen LogP contribution in [-0.2, 0) is 0 Å². The van der Waals surface area contributed by atoms with Crippen LogP contribution >= 0.6 is 15.9 Å². The lowest BCUT2D eigenvalue weighted by Gasteiger charge is -2.28. The van der Waals surface area contributed by atoms with Crippen molar-refractivity contribution >= 4 is 21.7 Å². The van der Waals surface area contributed by atoms with Crippen molar-refractivity contribution in [2.24, 2.45) is 0 Å². The van der Waals surface area contributed by atoms with E-state index in [1.807, 2.05) is 13.0 Å². The highest BCUT2D eigenvalue weighted by molar-refractivity contribution is 9.10. The van der Waals surface area contributed by atoms with Crippen LogP contribution in [0.5, 0.6) is 0 Å². The number of piperazine rings is 1. The smallest absolute Gasteiger partial charge is 0.133 e. The van der Waals surface area contributed by atoms with Crippen molar-refractivity contribution in [1.29, 1.82) is 0 Å². The molecule has 1 fully saturated rings. The summed E-state index contributed by atoms with van der Waals surface area (Å²) in [6.45, 7) is 6.00. The van der Waals surface area contributed by atoms with Crippen LogP contribution in [-0.4, -0.2) is 36.1 Å². The summed E-state index contributed by atoms with van der Waals surface area (Å²) in [4.78, 5) is 10.9. The molecule has 1 saturated heterocycles. The summed E-state index contributed by atoms with van der Waals surface area (Å²) in [6.07, 6.45) is 0. The Balaban J connectivity index is 2.21. The highest BCUT2D eigenvalue weighted by atomic mass is 79.9. The van der Waals surface area contributed by atoms with E-state index in [2.05, 4.69) is 36.1 Å². The number of rotatable bonds is 1. The van der Waals surface area contributed by atoms with E-state index in [1.165, 1.54) is 0 Å². The molecule has 4 nitrogen and oxygen atoms in total. The zero-order chi connectivity index (χ0) is 9.97. The maximum absolute atomic E-state index is 4.41. The summed E-state index contributed by atoms with van der Waals surface area (Å²) >= 11 is 3.39. The van der Waals surface area contributed by atoms with E-state index in [9.17, 15) is 0 Å². The standard InChI is InChI=1S/C9H13BrN4/c1-7-12-8(10)6-9(13-7)14-4-2-11-3-5-14/h6,11H,2-5H2,1H3. The fraction of sp³-hybridized carbons (Fsp3) is 0.556. The molecule has 0 amide bonds. The monoisotopic (exact) mass is 256 g/mol. The van der Waals surface area contributed by atoms with Crippen LogP contribution in [0.25, 0.3) is 0 Å². The molecular formula is C9H13BrN4. The summed E-state index contributed by atoms with van der Waals surface area (Å²) in [7, 11) is 0. The number of hydrogen-bond acceptors (Lipinski definition) is 4. The zero-order valence-corrected chi connectivity index (χ0v) is 9.71. The first-order valence-electron chi connectivity index (χ1n) is 4.72. The van der Waals surface area contributed by atoms with Crippen LogP contribution in [0.3, 0.4) is 0 Å². The Morgan fingerprint density at radius 1 is 1.36 bits per heavy atom. The molecule has 2 rings (SSSR count). The average molecular weight is 257 g/mol. The molecule has 0 spiro atoms. The first-order chi connectivity index (χ1) is 6.75. The third-order valence-corrected chi connectivity index (χ3v) is 2.64. The van der Waals surface area contributed by atoms with Gasteiger partial charge in [-0.15, -0.1) is 0 Å². The Morgan fingerprint density at radius 3 is 2.71 bits per heavy atom. The van der Waals surface area contributed by atoms with Gasteiger partial charge in [-0.2, -0.15) is 0 Å². The van der Waals surface area contributed by atoms with Gasteiger partial charge in [-0.1, -0.05) is 0 Å². The molecule has 1 N–H and O–H groups in total. The van der Waals surface area contributed by atoms with Crippen molar-refractivity contribution in [3.63, 3.8) is 0 Å². The molecule has 0 aromatic carbocycles. The highest BCUT2D eigenvalue weighted by Gasteiger charge is 2.12. The minimum Gasteiger partial charge on any atom is -0.354 e. The SMILES string of the molecule is Cc1nc(Br)cc(N2CCNCC2)n1. The predicted molar refractivity (Wildman–Crippen MR) is 59.6 cm³/mol. The zero-order valence-electron chi connectivity index (χ0n) is 8.13. The van der Waals surface area contributed by atoms with Crippen LogP contribution in [0, 0.1) is 6.92 Å². The molecule has 1 aliphatic rings. The summed E-state index contributed by atoms with van der Waals surface area (Å²) in [5.41, 5.74) is 0. The second kappa shape index (κ2) is 4.23. The van der Waals surface area contributed by atoms with Gasteiger partial charge in [-0.25, -0.2) is 9.97 Å². The largest absolute Gasteiger partial charge is 0.354 e. The minimum atomic E-state index is 0.813. The lowest BCUT2D eigenvalue weighted by Crippen LogP contribution is -2.44. The Bertz CT molecular complexity index is 302. The predicted octanol–water partition coefficient (Wildman–Crippen LogP) is 0.957. The second-order valence-electron chi connectivity index (χ2n) is 3.33. The lowest BCUT2D eigenvalue weighted by atomic mass is 10.3. The number of hydrogen-bond donors (Lipinski definition) is 1. The molecule has 76 valence electrons. The van der Waals surface area contributed by atoms with E-state index in [0.29, 0.717) is 0 Å². The average Bonchev–Trinajstić information content (AvgIpc) is 2.18. The molecule has 0 saturated carbocycles. The summed E-state index contributed by atoms with van der Waals surface area (Å²) < 4.78 is 0.860. The third-order valence-electron chi connectivity index (χ3n) is 2.23. The minimum absolute atomic E-state index is 0.813. The van der Waals surface area contributed by atoms with E-state index in [1.54, 1.807) is 0 Å². The van der Waals surface area contributed by atoms with Gasteiger partial charge in [-0.05, 0) is 22.9 Å². The maximum atomic E-state index is 4.41. The van der Waals surface area contributed by atoms with E-state index in [0.717, 1.165) is 42.4 Å². The molecule has 1 aromatic heterocycles. The van der Waals surface area contributed by atoms with Gasteiger partial charge in [0.25, 0.3) is 0 Å². The van der Waals surface area contributed by atoms with Gasteiger partial charge < -0.3 is 10.2 Å². The van der Waals surface area contributed by atoms with Crippen LogP contribution in [0.4, 0.5) is 5.82 Å². The Morgan fingerprint density at radius 2 is 2.07 bits per heavy atom. The van der Waals surface area contributed by atoms with Crippen LogP contribution in [0.2, 0.25) is 0 Å². The van der Waals surface area contributed by atoms with Crippen molar-refractivity contribution in [2.75, 3.05) is 31.1 Å². The van der Waals surface area contributed by atoms with Crippen molar-refractivity contribution < 1.29 is 0 Å². The van der Waals surface area contributed by atoms with E-state index in [4.69, 9.17) is 0 Å². The number of anilines is 1. The van der Waals surface area contributed by atoms with Gasteiger partial charge in [-0.3, -0.25) is 0 Å². The Hall–Kier alpha value is -0.680. The Labute approximate surface area is 91.9 Å². The van der Waals surface area contributed by atoms with Crippen LogP contribution < -0.4 is 10.2 Å². The van der Waals surface area contributed by atoms with Gasteiger partial charge in [0.2, 0.25) is 0 Å². The van der Waals surface area contributed by atoms with Crippen molar-refractivity contribution in [3.8, 4) is 0 Å². The number of aryl methyl sites for hydroxylation is 1. The molecule has 2 heterocycles. The number of aromatic nitrogens is 2. The van der Waals surface area contributed by atoms with Gasteiger partial charge >= 0.3 is 0 Å². The topological polar surface area (TPSA) is 41.1 Å². The van der Waals surface area contributed by atoms with E-state index >= 15 is 0 Å². The second-order valence-corrected chi connectivity index (χ2v) is 4.15. The van der Waals surface area contributed by atoms with Gasteiger partial charge in [0.1, 0.15) is 16.2 Å². The number of halogens is 1. The molecule has 1 aromatic rings. The number of nitrogens with one attached hydrogen (secondary N) is 1. The molecular weight excluding hydrogens is 244 g/mol. The van der Waals surface area contributed by atoms with Crippen molar-refractivity contribution in [2.45, 2.75) is 6.92 Å². The normalized spacial score (nSPS) is 17.1. The molecule has 0 unspecified atom stereocenters. The maximum Gasteiger partial charge on any atom is 0.133 e. The molecule has 14 heavy (non-hydrogen) atoms. The Kier molecular flexibility index (Phi) is 2.98. The summed E-state index contributed by atoms with van der Waals surface area (Å²) in [6, 6.07) is 1.97. The van der Waals surface area contributed by atoms with Crippen LogP contribution in [0.1, 0.15) is 5.82 Å². The summed E-state index contributed by atoms with van der Waals surface area (Å²) in [5, 5.41) is 3.32. The summed E-state index contributed by atoms with van der Waals surface area (Å²) in [5.74, 6) is 1.83. The molecule has 5 heteroatoms. The van der Waals surface area contributed by atoms with Gasteiger partial charge in [0, 0.05) is 32.2 Å². The lowest BCUT2D eigenvalue weighted by molar-refractivity contribution is 0.584. The first kappa shape index (κ1) is 9.86. The fourth-order valence-electron chi connectivity index (χ4n) is 1.57. The third kappa shape index (κ3) is 2.22. The first-order valence-corrected chi connectivity index (χ1v) is 5.52. The van der Waals surface area contributed by atoms with Crippen LogP contribution in [0.15, 0.2) is 10.7 Å². The molecule has 0 radical (unpaired) electrons. The van der Waals surface area contributed by atoms with E-state index in [-0.39, 0.29) is 0 Å². The van der Waals surface area contributed by atoms with Crippen molar-refractivity contribution in [1.82, 2.24) is 15.3 Å². The number of nitrogens with zero attached hydrogens (tertiary/aromatic N) is 3. The van der Waals surface area contributed by atoms with Gasteiger partial charge in [0.15, 0.2) is 0 Å². The molecule has 0 atom stereocenters. The van der Waals surface area contributed by atoms with E-state index < -0.39 is 0 Å². The quantitative estimate of drug-likeness (QED) is 0.761. The molecule has 0 bridgehead atoms. The molecule has 1 aliphatic heterocycles. The van der Waals surface area contributed by atoms with Gasteiger partial charge in [0.05, 0.1) is 0 Å². The highest BCUT2D eigenvalue weighted by Crippen LogP contribution is 2.16. The fourth-order valence-corrected chi connectivity index (χ4v) is 2.03.